The maximum atomic E-state index is 4.61. The van der Waals surface area contributed by atoms with Gasteiger partial charge in [-0.2, -0.15) is 0 Å². The van der Waals surface area contributed by atoms with Crippen LogP contribution in [0.4, 0.5) is 5.69 Å². The topological polar surface area (TPSA) is 14.1 Å². The second-order valence-corrected chi connectivity index (χ2v) is 4.72. The van der Waals surface area contributed by atoms with E-state index in [1.165, 1.54) is 5.56 Å². The van der Waals surface area contributed by atoms with Gasteiger partial charge in [0.25, 0.3) is 0 Å². The van der Waals surface area contributed by atoms with E-state index in [9.17, 15) is 0 Å². The van der Waals surface area contributed by atoms with Gasteiger partial charge in [-0.15, -0.1) is 5.69 Å². The van der Waals surface area contributed by atoms with Gasteiger partial charge in [0.05, 0.1) is 0 Å². The van der Waals surface area contributed by atoms with E-state index >= 15 is 0 Å². The van der Waals surface area contributed by atoms with E-state index in [4.69, 9.17) is 0 Å². The van der Waals surface area contributed by atoms with Gasteiger partial charge in [0.2, 0.25) is 0 Å². The molecular weight excluding hydrogens is 453 g/mol. The fraction of sp³-hybridized carbons (Fsp3) is 0.273. The van der Waals surface area contributed by atoms with E-state index in [2.05, 4.69) is 53.3 Å². The van der Waals surface area contributed by atoms with Crippen molar-refractivity contribution in [3.05, 3.63) is 39.6 Å². The molecule has 1 aromatic carbocycles. The molecule has 0 amide bonds. The summed E-state index contributed by atoms with van der Waals surface area (Å²) in [5.41, 5.74) is 2.21. The van der Waals surface area contributed by atoms with Crippen LogP contribution in [-0.2, 0) is 0 Å². The molecule has 1 aliphatic heterocycles. The maximum absolute atomic E-state index is 4.61. The van der Waals surface area contributed by atoms with Crippen LogP contribution in [0.15, 0.2) is 28.7 Å². The smallest absolute Gasteiger partial charge is 0.0180 e. The summed E-state index contributed by atoms with van der Waals surface area (Å²) in [6, 6.07) is 6.16. The Morgan fingerprint density at radius 1 is 1.29 bits per heavy atom. The van der Waals surface area contributed by atoms with Gasteiger partial charge >= 0.3 is 0 Å². The maximum Gasteiger partial charge on any atom is 0.0180 e. The summed E-state index contributed by atoms with van der Waals surface area (Å²) in [5, 5.41) is 4.61. The molecule has 0 fully saturated rings. The summed E-state index contributed by atoms with van der Waals surface area (Å²) in [5.74, 6) is 0. The van der Waals surface area contributed by atoms with Crippen LogP contribution in [0.5, 0.6) is 0 Å². The Bertz CT molecular complexity index is 372. The number of hydrogen-bond donors (Lipinski definition) is 0. The number of rotatable bonds is 0. The second kappa shape index (κ2) is 4.68. The standard InChI is InChI=1S/C11H11BrN.Ac/c1-11(2)6-5-8-7-9(12)3-4-10(8)13-11;/h3-7H,1-2H3;/q-1;. The summed E-state index contributed by atoms with van der Waals surface area (Å²) < 4.78 is 1.10. The fourth-order valence-corrected chi connectivity index (χ4v) is 1.78. The Hall–Kier alpha value is 0.682. The minimum Gasteiger partial charge on any atom is -0.676 e. The predicted octanol–water partition coefficient (Wildman–Crippen LogP) is 4.26. The Morgan fingerprint density at radius 2 is 2.00 bits per heavy atom. The van der Waals surface area contributed by atoms with Crippen LogP contribution in [0.25, 0.3) is 11.4 Å². The minimum atomic E-state index is -0.0547. The number of benzene rings is 1. The van der Waals surface area contributed by atoms with E-state index in [1.807, 2.05) is 12.1 Å². The molecule has 14 heavy (non-hydrogen) atoms. The number of hydrogen-bond acceptors (Lipinski definition) is 0. The monoisotopic (exact) mass is 463 g/mol. The first kappa shape index (κ1) is 12.7. The van der Waals surface area contributed by atoms with Crippen LogP contribution >= 0.6 is 15.9 Å². The SMILES string of the molecule is CC1(C)C=Cc2cc(Br)ccc2[N-]1.[Ac]. The molecule has 0 atom stereocenters. The predicted molar refractivity (Wildman–Crippen MR) is 60.3 cm³/mol. The Labute approximate surface area is 129 Å². The average molecular weight is 464 g/mol. The van der Waals surface area contributed by atoms with Crippen LogP contribution in [0.2, 0.25) is 0 Å². The second-order valence-electron chi connectivity index (χ2n) is 3.80. The molecule has 1 aliphatic rings. The van der Waals surface area contributed by atoms with Crippen molar-refractivity contribution in [3.63, 3.8) is 0 Å². The molecule has 1 radical (unpaired) electrons. The van der Waals surface area contributed by atoms with Crippen LogP contribution in [0.3, 0.4) is 0 Å². The molecule has 0 spiro atoms. The first-order valence-corrected chi connectivity index (χ1v) is 5.08. The summed E-state index contributed by atoms with van der Waals surface area (Å²) >= 11 is 3.44. The van der Waals surface area contributed by atoms with Crippen molar-refractivity contribution in [2.45, 2.75) is 19.4 Å². The van der Waals surface area contributed by atoms with Crippen molar-refractivity contribution in [3.8, 4) is 0 Å². The molecule has 0 unspecified atom stereocenters. The average Bonchev–Trinajstić information content (AvgIpc) is 2.05. The fourth-order valence-electron chi connectivity index (χ4n) is 1.40. The van der Waals surface area contributed by atoms with Crippen molar-refractivity contribution >= 4 is 27.7 Å². The summed E-state index contributed by atoms with van der Waals surface area (Å²) in [6.45, 7) is 4.21. The molecule has 2 rings (SSSR count). The van der Waals surface area contributed by atoms with E-state index in [0.717, 1.165) is 10.2 Å². The zero-order valence-electron chi connectivity index (χ0n) is 8.29. The number of nitrogens with zero attached hydrogens (tertiary/aromatic N) is 1. The van der Waals surface area contributed by atoms with E-state index in [-0.39, 0.29) is 49.6 Å². The van der Waals surface area contributed by atoms with Crippen molar-refractivity contribution in [2.75, 3.05) is 0 Å². The van der Waals surface area contributed by atoms with Crippen molar-refractivity contribution in [2.24, 2.45) is 0 Å². The van der Waals surface area contributed by atoms with Gasteiger partial charge in [-0.25, -0.2) is 0 Å². The van der Waals surface area contributed by atoms with E-state index in [0.29, 0.717) is 0 Å². The van der Waals surface area contributed by atoms with Gasteiger partial charge in [-0.3, -0.25) is 0 Å². The molecule has 0 N–H and O–H groups in total. The summed E-state index contributed by atoms with van der Waals surface area (Å²) in [4.78, 5) is 0. The van der Waals surface area contributed by atoms with Crippen molar-refractivity contribution in [1.29, 1.82) is 0 Å². The number of fused-ring (bicyclic) bond motifs is 1. The Balaban J connectivity index is 0.000000980. The Morgan fingerprint density at radius 3 is 2.71 bits per heavy atom. The molecule has 0 bridgehead atoms. The van der Waals surface area contributed by atoms with Crippen molar-refractivity contribution < 1.29 is 44.1 Å². The molecule has 1 heterocycles. The molecule has 3 heteroatoms. The van der Waals surface area contributed by atoms with Gasteiger partial charge in [-0.1, -0.05) is 53.5 Å². The van der Waals surface area contributed by atoms with Gasteiger partial charge in [0.15, 0.2) is 0 Å². The quantitative estimate of drug-likeness (QED) is 0.545. The first-order valence-electron chi connectivity index (χ1n) is 4.28. The van der Waals surface area contributed by atoms with Gasteiger partial charge in [-0.05, 0) is 17.7 Å². The van der Waals surface area contributed by atoms with Gasteiger partial charge < -0.3 is 5.32 Å². The first-order chi connectivity index (χ1) is 6.07. The van der Waals surface area contributed by atoms with Crippen LogP contribution in [0.1, 0.15) is 19.4 Å². The molecule has 1 nitrogen and oxygen atoms in total. The minimum absolute atomic E-state index is 0. The van der Waals surface area contributed by atoms with E-state index < -0.39 is 0 Å². The normalized spacial score (nSPS) is 16.5. The third-order valence-electron chi connectivity index (χ3n) is 2.07. The van der Waals surface area contributed by atoms with Gasteiger partial charge in [0.1, 0.15) is 0 Å². The third-order valence-corrected chi connectivity index (χ3v) is 2.56. The summed E-state index contributed by atoms with van der Waals surface area (Å²) in [6.07, 6.45) is 4.26. The van der Waals surface area contributed by atoms with Crippen LogP contribution in [-0.4, -0.2) is 5.54 Å². The molecule has 71 valence electrons. The molecule has 0 saturated carbocycles. The Kier molecular flexibility index (Phi) is 4.26. The molecular formula is C11H11AcBrN-. The zero-order chi connectivity index (χ0) is 9.47. The van der Waals surface area contributed by atoms with Gasteiger partial charge in [0, 0.05) is 48.5 Å². The number of halogens is 1. The van der Waals surface area contributed by atoms with Crippen molar-refractivity contribution in [1.82, 2.24) is 0 Å². The molecule has 0 aromatic heterocycles. The molecule has 1 aromatic rings. The van der Waals surface area contributed by atoms with E-state index in [1.54, 1.807) is 0 Å². The third kappa shape index (κ3) is 2.84. The molecule has 0 saturated heterocycles. The summed E-state index contributed by atoms with van der Waals surface area (Å²) in [7, 11) is 0. The molecule has 0 aliphatic carbocycles. The largest absolute Gasteiger partial charge is 0.676 e. The van der Waals surface area contributed by atoms with Crippen LogP contribution < -0.4 is 0 Å². The van der Waals surface area contributed by atoms with Crippen LogP contribution in [0, 0.1) is 44.1 Å². The zero-order valence-corrected chi connectivity index (χ0v) is 14.6.